The molecular formula is C18H14N4O6. The normalized spacial score (nSPS) is 10.3. The summed E-state index contributed by atoms with van der Waals surface area (Å²) in [6.07, 6.45) is 0. The smallest absolute Gasteiger partial charge is 0.292 e. The predicted molar refractivity (Wildman–Crippen MR) is 102 cm³/mol. The minimum Gasteiger partial charge on any atom is -0.457 e. The molecule has 0 aliphatic heterocycles. The monoisotopic (exact) mass is 382 g/mol. The van der Waals surface area contributed by atoms with Crippen LogP contribution in [0.15, 0.2) is 60.7 Å². The Morgan fingerprint density at radius 2 is 1.04 bits per heavy atom. The van der Waals surface area contributed by atoms with Crippen LogP contribution in [0.3, 0.4) is 0 Å². The van der Waals surface area contributed by atoms with Crippen molar-refractivity contribution in [2.24, 2.45) is 0 Å². The summed E-state index contributed by atoms with van der Waals surface area (Å²) >= 11 is 0. The lowest BCUT2D eigenvalue weighted by Gasteiger charge is -2.10. The highest BCUT2D eigenvalue weighted by Crippen LogP contribution is 2.33. The summed E-state index contributed by atoms with van der Waals surface area (Å²) in [5.41, 5.74) is 10.8. The van der Waals surface area contributed by atoms with Crippen LogP contribution in [-0.2, 0) is 0 Å². The zero-order valence-corrected chi connectivity index (χ0v) is 14.3. The lowest BCUT2D eigenvalue weighted by Crippen LogP contribution is -1.96. The van der Waals surface area contributed by atoms with Crippen LogP contribution in [-0.4, -0.2) is 9.85 Å². The van der Waals surface area contributed by atoms with E-state index in [1.165, 1.54) is 36.4 Å². The number of nitro groups is 2. The molecule has 0 spiro atoms. The summed E-state index contributed by atoms with van der Waals surface area (Å²) in [6.45, 7) is 0. The summed E-state index contributed by atoms with van der Waals surface area (Å²) in [5, 5.41) is 21.6. The zero-order chi connectivity index (χ0) is 20.3. The molecule has 0 radical (unpaired) electrons. The first-order valence-electron chi connectivity index (χ1n) is 7.87. The molecule has 3 aromatic carbocycles. The van der Waals surface area contributed by atoms with E-state index in [1.54, 1.807) is 24.3 Å². The first-order chi connectivity index (χ1) is 13.3. The highest BCUT2D eigenvalue weighted by Gasteiger charge is 2.13. The van der Waals surface area contributed by atoms with Crippen LogP contribution in [0.5, 0.6) is 23.0 Å². The van der Waals surface area contributed by atoms with E-state index in [9.17, 15) is 20.2 Å². The van der Waals surface area contributed by atoms with Gasteiger partial charge < -0.3 is 20.9 Å². The zero-order valence-electron chi connectivity index (χ0n) is 14.3. The van der Waals surface area contributed by atoms with Gasteiger partial charge >= 0.3 is 0 Å². The van der Waals surface area contributed by atoms with E-state index in [0.717, 1.165) is 0 Å². The average Bonchev–Trinajstić information content (AvgIpc) is 2.61. The molecule has 0 heterocycles. The predicted octanol–water partition coefficient (Wildman–Crippen LogP) is 4.25. The number of nitrogens with two attached hydrogens (primary N) is 2. The molecule has 10 nitrogen and oxygen atoms in total. The Hall–Kier alpha value is -4.34. The van der Waals surface area contributed by atoms with Gasteiger partial charge in [-0.1, -0.05) is 6.07 Å². The van der Waals surface area contributed by atoms with Crippen molar-refractivity contribution in [3.8, 4) is 23.0 Å². The van der Waals surface area contributed by atoms with Crippen LogP contribution >= 0.6 is 0 Å². The first-order valence-corrected chi connectivity index (χ1v) is 7.87. The number of anilines is 2. The van der Waals surface area contributed by atoms with Crippen molar-refractivity contribution in [3.05, 3.63) is 80.9 Å². The number of rotatable bonds is 6. The molecule has 0 aliphatic rings. The fourth-order valence-electron chi connectivity index (χ4n) is 2.40. The average molecular weight is 382 g/mol. The molecule has 0 amide bonds. The van der Waals surface area contributed by atoms with Gasteiger partial charge in [0.1, 0.15) is 34.4 Å². The molecule has 142 valence electrons. The van der Waals surface area contributed by atoms with E-state index in [-0.39, 0.29) is 22.7 Å². The lowest BCUT2D eigenvalue weighted by molar-refractivity contribution is -0.384. The van der Waals surface area contributed by atoms with Crippen molar-refractivity contribution >= 4 is 22.7 Å². The maximum absolute atomic E-state index is 10.8. The van der Waals surface area contributed by atoms with Crippen molar-refractivity contribution in [1.82, 2.24) is 0 Å². The molecule has 10 heteroatoms. The van der Waals surface area contributed by atoms with Crippen LogP contribution in [0.25, 0.3) is 0 Å². The van der Waals surface area contributed by atoms with Crippen molar-refractivity contribution in [3.63, 3.8) is 0 Å². The van der Waals surface area contributed by atoms with E-state index >= 15 is 0 Å². The lowest BCUT2D eigenvalue weighted by atomic mass is 10.2. The standard InChI is InChI=1S/C18H14N4O6/c19-15-9-13(4-6-17(15)21(23)24)27-11-2-1-3-12(8-11)28-14-5-7-18(22(25)26)16(20)10-14/h1-10H,19-20H2. The number of hydrogen-bond donors (Lipinski definition) is 2. The van der Waals surface area contributed by atoms with Crippen molar-refractivity contribution in [1.29, 1.82) is 0 Å². The van der Waals surface area contributed by atoms with Crippen LogP contribution in [0.4, 0.5) is 22.7 Å². The molecule has 0 unspecified atom stereocenters. The topological polar surface area (TPSA) is 157 Å². The number of nitro benzene ring substituents is 2. The van der Waals surface area contributed by atoms with Gasteiger partial charge in [0.15, 0.2) is 0 Å². The molecule has 28 heavy (non-hydrogen) atoms. The highest BCUT2D eigenvalue weighted by atomic mass is 16.6. The van der Waals surface area contributed by atoms with Gasteiger partial charge in [0.25, 0.3) is 11.4 Å². The SMILES string of the molecule is Nc1cc(Oc2cccc(Oc3ccc([N+](=O)[O-])c(N)c3)c2)ccc1[N+](=O)[O-]. The fraction of sp³-hybridized carbons (Fsp3) is 0. The van der Waals surface area contributed by atoms with E-state index in [4.69, 9.17) is 20.9 Å². The van der Waals surface area contributed by atoms with Gasteiger partial charge in [0, 0.05) is 30.3 Å². The number of benzene rings is 3. The summed E-state index contributed by atoms with van der Waals surface area (Å²) < 4.78 is 11.3. The number of hydrogen-bond acceptors (Lipinski definition) is 8. The number of nitrogens with zero attached hydrogens (tertiary/aromatic N) is 2. The van der Waals surface area contributed by atoms with Crippen LogP contribution in [0.1, 0.15) is 0 Å². The molecule has 0 atom stereocenters. The molecule has 0 fully saturated rings. The van der Waals surface area contributed by atoms with Gasteiger partial charge in [0.2, 0.25) is 0 Å². The molecule has 0 aliphatic carbocycles. The molecule has 3 rings (SSSR count). The maximum atomic E-state index is 10.8. The Kier molecular flexibility index (Phi) is 4.94. The minimum atomic E-state index is -0.580. The third-order valence-electron chi connectivity index (χ3n) is 3.67. The Balaban J connectivity index is 1.77. The van der Waals surface area contributed by atoms with Crippen molar-refractivity contribution < 1.29 is 19.3 Å². The summed E-state index contributed by atoms with van der Waals surface area (Å²) in [6, 6.07) is 14.6. The van der Waals surface area contributed by atoms with Gasteiger partial charge in [-0.05, 0) is 24.3 Å². The third kappa shape index (κ3) is 4.07. The van der Waals surface area contributed by atoms with Gasteiger partial charge in [-0.25, -0.2) is 0 Å². The van der Waals surface area contributed by atoms with E-state index in [2.05, 4.69) is 0 Å². The Labute approximate surface area is 158 Å². The summed E-state index contributed by atoms with van der Waals surface area (Å²) in [5.74, 6) is 1.45. The Morgan fingerprint density at radius 3 is 1.39 bits per heavy atom. The largest absolute Gasteiger partial charge is 0.457 e. The second-order valence-corrected chi connectivity index (χ2v) is 5.63. The van der Waals surface area contributed by atoms with Gasteiger partial charge in [0.05, 0.1) is 9.85 Å². The van der Waals surface area contributed by atoms with E-state index < -0.39 is 9.85 Å². The molecule has 0 saturated carbocycles. The van der Waals surface area contributed by atoms with Crippen molar-refractivity contribution in [2.75, 3.05) is 11.5 Å². The van der Waals surface area contributed by atoms with Crippen molar-refractivity contribution in [2.45, 2.75) is 0 Å². The maximum Gasteiger partial charge on any atom is 0.292 e. The Morgan fingerprint density at radius 1 is 0.643 bits per heavy atom. The first kappa shape index (κ1) is 18.5. The quantitative estimate of drug-likeness (QED) is 0.364. The van der Waals surface area contributed by atoms with Gasteiger partial charge in [-0.3, -0.25) is 20.2 Å². The van der Waals surface area contributed by atoms with E-state index in [0.29, 0.717) is 23.0 Å². The fourth-order valence-corrected chi connectivity index (χ4v) is 2.40. The highest BCUT2D eigenvalue weighted by molar-refractivity contribution is 5.62. The molecule has 3 aromatic rings. The second-order valence-electron chi connectivity index (χ2n) is 5.63. The van der Waals surface area contributed by atoms with Crippen LogP contribution in [0, 0.1) is 20.2 Å². The molecule has 0 saturated heterocycles. The van der Waals surface area contributed by atoms with Gasteiger partial charge in [-0.15, -0.1) is 0 Å². The summed E-state index contributed by atoms with van der Waals surface area (Å²) in [7, 11) is 0. The number of ether oxygens (including phenoxy) is 2. The summed E-state index contributed by atoms with van der Waals surface area (Å²) in [4.78, 5) is 20.5. The number of nitrogen functional groups attached to an aromatic ring is 2. The minimum absolute atomic E-state index is 0.0174. The van der Waals surface area contributed by atoms with Crippen LogP contribution < -0.4 is 20.9 Å². The Bertz CT molecular complexity index is 989. The molecule has 0 bridgehead atoms. The molecular weight excluding hydrogens is 368 g/mol. The third-order valence-corrected chi connectivity index (χ3v) is 3.67. The van der Waals surface area contributed by atoms with Gasteiger partial charge in [-0.2, -0.15) is 0 Å². The second kappa shape index (κ2) is 7.50. The molecule has 4 N–H and O–H groups in total. The molecule has 0 aromatic heterocycles. The van der Waals surface area contributed by atoms with Crippen LogP contribution in [0.2, 0.25) is 0 Å². The van der Waals surface area contributed by atoms with E-state index in [1.807, 2.05) is 0 Å².